The van der Waals surface area contributed by atoms with E-state index in [4.69, 9.17) is 14.2 Å². The van der Waals surface area contributed by atoms with Gasteiger partial charge in [-0.3, -0.25) is 10.1 Å². The number of nitro groups is 1. The third kappa shape index (κ3) is 5.95. The summed E-state index contributed by atoms with van der Waals surface area (Å²) in [6.45, 7) is 14.5. The normalized spacial score (nSPS) is 14.5. The molecule has 1 amide bonds. The Morgan fingerprint density at radius 2 is 1.70 bits per heavy atom. The fourth-order valence-corrected chi connectivity index (χ4v) is 2.92. The van der Waals surface area contributed by atoms with Crippen molar-refractivity contribution in [1.82, 2.24) is 4.90 Å². The van der Waals surface area contributed by atoms with Crippen molar-refractivity contribution in [2.24, 2.45) is 0 Å². The fraction of sp³-hybridized carbons (Fsp3) is 0.524. The number of ether oxygens (including phenoxy) is 3. The van der Waals surface area contributed by atoms with E-state index in [1.807, 2.05) is 0 Å². The SMILES string of the molecule is C=C1CCN(C(=O)OC(C)(C)C)Cc2c(OC(=O)OC(C)(C)C)ccc([N+](=O)[O-])c21. The Labute approximate surface area is 175 Å². The summed E-state index contributed by atoms with van der Waals surface area (Å²) in [5.41, 5.74) is -0.617. The molecule has 9 heteroatoms. The van der Waals surface area contributed by atoms with Crippen LogP contribution in [-0.4, -0.2) is 39.8 Å². The first-order valence-corrected chi connectivity index (χ1v) is 9.55. The minimum Gasteiger partial charge on any atom is -0.444 e. The smallest absolute Gasteiger partial charge is 0.444 e. The van der Waals surface area contributed by atoms with Gasteiger partial charge in [-0.25, -0.2) is 9.59 Å². The van der Waals surface area contributed by atoms with E-state index in [9.17, 15) is 19.7 Å². The molecule has 0 aliphatic carbocycles. The molecule has 0 unspecified atom stereocenters. The van der Waals surface area contributed by atoms with Gasteiger partial charge in [0.2, 0.25) is 0 Å². The van der Waals surface area contributed by atoms with E-state index >= 15 is 0 Å². The van der Waals surface area contributed by atoms with Crippen LogP contribution in [0.1, 0.15) is 59.1 Å². The molecule has 2 rings (SSSR count). The molecule has 0 saturated carbocycles. The first kappa shape index (κ1) is 23.2. The van der Waals surface area contributed by atoms with Crippen LogP contribution in [0.5, 0.6) is 5.75 Å². The highest BCUT2D eigenvalue weighted by molar-refractivity contribution is 5.80. The Morgan fingerprint density at radius 1 is 1.10 bits per heavy atom. The molecular weight excluding hydrogens is 392 g/mol. The molecule has 1 aliphatic heterocycles. The van der Waals surface area contributed by atoms with Gasteiger partial charge in [0.1, 0.15) is 17.0 Å². The highest BCUT2D eigenvalue weighted by Gasteiger charge is 2.32. The second-order valence-electron chi connectivity index (χ2n) is 9.02. The van der Waals surface area contributed by atoms with Gasteiger partial charge in [0.05, 0.1) is 17.0 Å². The number of hydrogen-bond acceptors (Lipinski definition) is 7. The number of carbonyl (C=O) groups excluding carboxylic acids is 2. The Morgan fingerprint density at radius 3 is 2.23 bits per heavy atom. The van der Waals surface area contributed by atoms with Gasteiger partial charge in [-0.2, -0.15) is 0 Å². The lowest BCUT2D eigenvalue weighted by Crippen LogP contribution is -2.36. The summed E-state index contributed by atoms with van der Waals surface area (Å²) >= 11 is 0. The van der Waals surface area contributed by atoms with Crippen LogP contribution in [0, 0.1) is 10.1 Å². The van der Waals surface area contributed by atoms with Gasteiger partial charge < -0.3 is 19.1 Å². The maximum atomic E-state index is 12.6. The highest BCUT2D eigenvalue weighted by atomic mass is 16.7. The molecule has 0 bridgehead atoms. The summed E-state index contributed by atoms with van der Waals surface area (Å²) in [7, 11) is 0. The Kier molecular flexibility index (Phi) is 6.44. The highest BCUT2D eigenvalue weighted by Crippen LogP contribution is 2.39. The summed E-state index contributed by atoms with van der Waals surface area (Å²) in [6, 6.07) is 2.58. The molecule has 0 aromatic heterocycles. The molecular formula is C21H28N2O7. The van der Waals surface area contributed by atoms with Gasteiger partial charge >= 0.3 is 12.2 Å². The Hall–Kier alpha value is -3.10. The summed E-state index contributed by atoms with van der Waals surface area (Å²) in [5.74, 6) is 0.0708. The Bertz CT molecular complexity index is 879. The van der Waals surface area contributed by atoms with Crippen LogP contribution < -0.4 is 4.74 Å². The van der Waals surface area contributed by atoms with Gasteiger partial charge in [0.15, 0.2) is 0 Å². The van der Waals surface area contributed by atoms with E-state index in [-0.39, 0.29) is 30.1 Å². The van der Waals surface area contributed by atoms with Crippen LogP contribution in [0.2, 0.25) is 0 Å². The summed E-state index contributed by atoms with van der Waals surface area (Å²) in [5, 5.41) is 11.6. The molecule has 9 nitrogen and oxygen atoms in total. The quantitative estimate of drug-likeness (QED) is 0.285. The number of hydrogen-bond donors (Lipinski definition) is 0. The molecule has 0 fully saturated rings. The first-order valence-electron chi connectivity index (χ1n) is 9.55. The average Bonchev–Trinajstić information content (AvgIpc) is 2.72. The fourth-order valence-electron chi connectivity index (χ4n) is 2.92. The predicted octanol–water partition coefficient (Wildman–Crippen LogP) is 5.06. The van der Waals surface area contributed by atoms with Crippen LogP contribution in [0.3, 0.4) is 0 Å². The lowest BCUT2D eigenvalue weighted by molar-refractivity contribution is -0.385. The van der Waals surface area contributed by atoms with Crippen molar-refractivity contribution < 1.29 is 28.7 Å². The average molecular weight is 420 g/mol. The van der Waals surface area contributed by atoms with Gasteiger partial charge in [-0.05, 0) is 59.6 Å². The van der Waals surface area contributed by atoms with E-state index in [0.717, 1.165) is 0 Å². The first-order chi connectivity index (χ1) is 13.7. The number of fused-ring (bicyclic) bond motifs is 1. The number of rotatable bonds is 2. The molecule has 0 N–H and O–H groups in total. The number of amides is 1. The molecule has 0 spiro atoms. The summed E-state index contributed by atoms with van der Waals surface area (Å²) in [4.78, 5) is 37.3. The zero-order chi connectivity index (χ0) is 22.9. The number of nitro benzene ring substituents is 1. The standard InChI is InChI=1S/C21H28N2O7/c1-13-10-11-22(18(24)29-20(2,3)4)12-14-16(28-19(25)30-21(5,6)7)9-8-15(17(13)14)23(26)27/h8-9H,1,10-12H2,2-7H3. The molecule has 164 valence electrons. The van der Waals surface area contributed by atoms with E-state index in [2.05, 4.69) is 6.58 Å². The minimum absolute atomic E-state index is 0.0386. The van der Waals surface area contributed by atoms with Crippen LogP contribution in [-0.2, 0) is 16.0 Å². The lowest BCUT2D eigenvalue weighted by atomic mass is 9.97. The van der Waals surface area contributed by atoms with E-state index in [1.54, 1.807) is 41.5 Å². The third-order valence-corrected chi connectivity index (χ3v) is 4.07. The zero-order valence-corrected chi connectivity index (χ0v) is 18.2. The maximum Gasteiger partial charge on any atom is 0.514 e. The molecule has 1 aromatic rings. The monoisotopic (exact) mass is 420 g/mol. The van der Waals surface area contributed by atoms with Crippen molar-refractivity contribution in [3.63, 3.8) is 0 Å². The lowest BCUT2D eigenvalue weighted by Gasteiger charge is -2.27. The van der Waals surface area contributed by atoms with Crippen molar-refractivity contribution in [2.45, 2.75) is 65.7 Å². The third-order valence-electron chi connectivity index (χ3n) is 4.07. The Balaban J connectivity index is 2.49. The minimum atomic E-state index is -0.947. The molecule has 0 atom stereocenters. The van der Waals surface area contributed by atoms with Crippen LogP contribution in [0.15, 0.2) is 18.7 Å². The summed E-state index contributed by atoms with van der Waals surface area (Å²) in [6.07, 6.45) is -1.21. The summed E-state index contributed by atoms with van der Waals surface area (Å²) < 4.78 is 16.0. The topological polar surface area (TPSA) is 108 Å². The van der Waals surface area contributed by atoms with Gasteiger partial charge in [-0.1, -0.05) is 6.58 Å². The number of carbonyl (C=O) groups is 2. The van der Waals surface area contributed by atoms with E-state index < -0.39 is 28.4 Å². The van der Waals surface area contributed by atoms with Gasteiger partial charge in [0, 0.05) is 18.2 Å². The second-order valence-corrected chi connectivity index (χ2v) is 9.02. The zero-order valence-electron chi connectivity index (χ0n) is 18.2. The van der Waals surface area contributed by atoms with Crippen molar-refractivity contribution in [1.29, 1.82) is 0 Å². The van der Waals surface area contributed by atoms with Crippen molar-refractivity contribution in [2.75, 3.05) is 6.54 Å². The van der Waals surface area contributed by atoms with Crippen molar-refractivity contribution >= 4 is 23.5 Å². The van der Waals surface area contributed by atoms with Crippen molar-refractivity contribution in [3.05, 3.63) is 40.0 Å². The molecule has 1 heterocycles. The van der Waals surface area contributed by atoms with Gasteiger partial charge in [0.25, 0.3) is 5.69 Å². The van der Waals surface area contributed by atoms with E-state index in [0.29, 0.717) is 17.6 Å². The van der Waals surface area contributed by atoms with E-state index in [1.165, 1.54) is 17.0 Å². The molecule has 0 radical (unpaired) electrons. The molecule has 30 heavy (non-hydrogen) atoms. The van der Waals surface area contributed by atoms with Crippen LogP contribution in [0.25, 0.3) is 5.57 Å². The maximum absolute atomic E-state index is 12.6. The van der Waals surface area contributed by atoms with Gasteiger partial charge in [-0.15, -0.1) is 0 Å². The van der Waals surface area contributed by atoms with Crippen LogP contribution >= 0.6 is 0 Å². The molecule has 1 aliphatic rings. The molecule has 0 saturated heterocycles. The van der Waals surface area contributed by atoms with Crippen LogP contribution in [0.4, 0.5) is 15.3 Å². The van der Waals surface area contributed by atoms with Crippen molar-refractivity contribution in [3.8, 4) is 5.75 Å². The largest absolute Gasteiger partial charge is 0.514 e. The number of nitrogens with zero attached hydrogens (tertiary/aromatic N) is 2. The predicted molar refractivity (Wildman–Crippen MR) is 110 cm³/mol. The molecule has 1 aromatic carbocycles. The number of benzene rings is 1. The second kappa shape index (κ2) is 8.33.